The molecule has 0 spiro atoms. The molecule has 2 N–H and O–H groups in total. The lowest BCUT2D eigenvalue weighted by atomic mass is 10.00. The van der Waals surface area contributed by atoms with Gasteiger partial charge in [-0.05, 0) is 35.4 Å². The minimum absolute atomic E-state index is 0. The Hall–Kier alpha value is -2.43. The Bertz CT molecular complexity index is 1070. The third-order valence-electron chi connectivity index (χ3n) is 4.76. The summed E-state index contributed by atoms with van der Waals surface area (Å²) in [6.45, 7) is 1.17. The van der Waals surface area contributed by atoms with E-state index in [-0.39, 0.29) is 12.4 Å². The molecule has 1 aromatic heterocycles. The summed E-state index contributed by atoms with van der Waals surface area (Å²) >= 11 is 6.01. The van der Waals surface area contributed by atoms with E-state index in [2.05, 4.69) is 17.4 Å². The van der Waals surface area contributed by atoms with E-state index in [1.54, 1.807) is 0 Å². The maximum Gasteiger partial charge on any atom is 0.0921 e. The maximum absolute atomic E-state index is 10.9. The standard InChI is InChI=1S/C24H21ClN2O.ClH/c25-19-12-10-18(11-13-19)23-14-21(20-8-4-5-9-22(20)27-23)24(28)16-26-15-17-6-2-1-3-7-17;/h1-14,24,26,28H,15-16H2;1H. The molecule has 0 amide bonds. The van der Waals surface area contributed by atoms with Crippen LogP contribution < -0.4 is 5.32 Å². The second-order valence-electron chi connectivity index (χ2n) is 6.75. The van der Waals surface area contributed by atoms with Crippen LogP contribution in [0, 0.1) is 0 Å². The Morgan fingerprint density at radius 1 is 0.897 bits per heavy atom. The van der Waals surface area contributed by atoms with Gasteiger partial charge in [-0.25, -0.2) is 4.98 Å². The summed E-state index contributed by atoms with van der Waals surface area (Å²) in [5.41, 5.74) is 4.73. The summed E-state index contributed by atoms with van der Waals surface area (Å²) in [7, 11) is 0. The van der Waals surface area contributed by atoms with Crippen molar-refractivity contribution in [1.29, 1.82) is 0 Å². The molecule has 5 heteroatoms. The molecular formula is C24H22Cl2N2O. The predicted octanol–water partition coefficient (Wildman–Crippen LogP) is 5.80. The number of fused-ring (bicyclic) bond motifs is 1. The first-order valence-electron chi connectivity index (χ1n) is 9.29. The molecule has 0 saturated heterocycles. The Kier molecular flexibility index (Phi) is 7.24. The number of hydrogen-bond acceptors (Lipinski definition) is 3. The van der Waals surface area contributed by atoms with Gasteiger partial charge in [-0.2, -0.15) is 0 Å². The average molecular weight is 425 g/mol. The molecule has 3 nitrogen and oxygen atoms in total. The molecule has 29 heavy (non-hydrogen) atoms. The van der Waals surface area contributed by atoms with Crippen LogP contribution in [0.3, 0.4) is 0 Å². The Morgan fingerprint density at radius 3 is 2.34 bits per heavy atom. The van der Waals surface area contributed by atoms with Crippen molar-refractivity contribution in [2.75, 3.05) is 6.54 Å². The van der Waals surface area contributed by atoms with Crippen molar-refractivity contribution in [2.45, 2.75) is 12.6 Å². The number of hydrogen-bond donors (Lipinski definition) is 2. The fourth-order valence-corrected chi connectivity index (χ4v) is 3.43. The molecule has 1 atom stereocenters. The molecule has 0 aliphatic carbocycles. The summed E-state index contributed by atoms with van der Waals surface area (Å²) < 4.78 is 0. The van der Waals surface area contributed by atoms with E-state index >= 15 is 0 Å². The number of para-hydroxylation sites is 1. The van der Waals surface area contributed by atoms with Crippen LogP contribution in [0.2, 0.25) is 5.02 Å². The number of aliphatic hydroxyl groups excluding tert-OH is 1. The molecule has 148 valence electrons. The topological polar surface area (TPSA) is 45.1 Å². The Morgan fingerprint density at radius 2 is 1.59 bits per heavy atom. The summed E-state index contributed by atoms with van der Waals surface area (Å²) in [6.07, 6.45) is -0.636. The van der Waals surface area contributed by atoms with Gasteiger partial charge in [-0.15, -0.1) is 12.4 Å². The molecule has 1 heterocycles. The smallest absolute Gasteiger partial charge is 0.0921 e. The lowest BCUT2D eigenvalue weighted by Gasteiger charge is -2.16. The Labute approximate surface area is 181 Å². The van der Waals surface area contributed by atoms with E-state index in [9.17, 15) is 5.11 Å². The molecule has 4 rings (SSSR count). The van der Waals surface area contributed by atoms with E-state index in [1.807, 2.05) is 72.8 Å². The largest absolute Gasteiger partial charge is 0.387 e. The van der Waals surface area contributed by atoms with Crippen molar-refractivity contribution in [3.8, 4) is 11.3 Å². The van der Waals surface area contributed by atoms with Crippen LogP contribution in [-0.2, 0) is 6.54 Å². The fraction of sp³-hybridized carbons (Fsp3) is 0.125. The van der Waals surface area contributed by atoms with Crippen molar-refractivity contribution < 1.29 is 5.11 Å². The molecule has 1 unspecified atom stereocenters. The van der Waals surface area contributed by atoms with Gasteiger partial charge in [0.05, 0.1) is 17.3 Å². The van der Waals surface area contributed by atoms with Crippen LogP contribution in [-0.4, -0.2) is 16.6 Å². The van der Waals surface area contributed by atoms with Crippen molar-refractivity contribution >= 4 is 34.9 Å². The zero-order chi connectivity index (χ0) is 19.3. The molecule has 3 aromatic carbocycles. The third-order valence-corrected chi connectivity index (χ3v) is 5.01. The van der Waals surface area contributed by atoms with Gasteiger partial charge in [0.15, 0.2) is 0 Å². The number of nitrogens with one attached hydrogen (secondary N) is 1. The van der Waals surface area contributed by atoms with Crippen molar-refractivity contribution in [3.05, 3.63) is 101 Å². The summed E-state index contributed by atoms with van der Waals surface area (Å²) in [5.74, 6) is 0. The SMILES string of the molecule is Cl.OC(CNCc1ccccc1)c1cc(-c2ccc(Cl)cc2)nc2ccccc12. The number of halogens is 2. The molecule has 0 bridgehead atoms. The highest BCUT2D eigenvalue weighted by atomic mass is 35.5. The summed E-state index contributed by atoms with van der Waals surface area (Å²) in [5, 5.41) is 15.9. The van der Waals surface area contributed by atoms with Gasteiger partial charge in [0.1, 0.15) is 0 Å². The first-order chi connectivity index (χ1) is 13.7. The molecule has 0 aliphatic rings. The third kappa shape index (κ3) is 5.14. The number of nitrogens with zero attached hydrogens (tertiary/aromatic N) is 1. The fourth-order valence-electron chi connectivity index (χ4n) is 3.31. The highest BCUT2D eigenvalue weighted by Crippen LogP contribution is 2.29. The number of benzene rings is 3. The monoisotopic (exact) mass is 424 g/mol. The Balaban J connectivity index is 0.00000240. The summed E-state index contributed by atoms with van der Waals surface area (Å²) in [6, 6.07) is 27.7. The van der Waals surface area contributed by atoms with Gasteiger partial charge in [0, 0.05) is 29.1 Å². The predicted molar refractivity (Wildman–Crippen MR) is 123 cm³/mol. The van der Waals surface area contributed by atoms with Crippen LogP contribution in [0.25, 0.3) is 22.2 Å². The van der Waals surface area contributed by atoms with E-state index in [0.29, 0.717) is 18.1 Å². The number of aliphatic hydroxyl groups is 1. The van der Waals surface area contributed by atoms with E-state index < -0.39 is 6.10 Å². The van der Waals surface area contributed by atoms with Gasteiger partial charge >= 0.3 is 0 Å². The van der Waals surface area contributed by atoms with Crippen LogP contribution in [0.4, 0.5) is 0 Å². The minimum atomic E-state index is -0.636. The minimum Gasteiger partial charge on any atom is -0.387 e. The quantitative estimate of drug-likeness (QED) is 0.410. The number of pyridine rings is 1. The second-order valence-corrected chi connectivity index (χ2v) is 7.19. The van der Waals surface area contributed by atoms with Gasteiger partial charge in [0.25, 0.3) is 0 Å². The van der Waals surface area contributed by atoms with E-state index in [4.69, 9.17) is 16.6 Å². The lowest BCUT2D eigenvalue weighted by Crippen LogP contribution is -2.21. The van der Waals surface area contributed by atoms with Crippen LogP contribution in [0.1, 0.15) is 17.2 Å². The van der Waals surface area contributed by atoms with Crippen LogP contribution in [0.5, 0.6) is 0 Å². The van der Waals surface area contributed by atoms with Crippen molar-refractivity contribution in [1.82, 2.24) is 10.3 Å². The van der Waals surface area contributed by atoms with Crippen LogP contribution in [0.15, 0.2) is 84.9 Å². The molecule has 4 aromatic rings. The zero-order valence-corrected chi connectivity index (χ0v) is 17.3. The van der Waals surface area contributed by atoms with Crippen molar-refractivity contribution in [3.63, 3.8) is 0 Å². The molecule has 0 radical (unpaired) electrons. The molecule has 0 aliphatic heterocycles. The normalized spacial score (nSPS) is 11.8. The van der Waals surface area contributed by atoms with E-state index in [0.717, 1.165) is 27.7 Å². The second kappa shape index (κ2) is 9.86. The van der Waals surface area contributed by atoms with Gasteiger partial charge in [-0.3, -0.25) is 0 Å². The van der Waals surface area contributed by atoms with Crippen molar-refractivity contribution in [2.24, 2.45) is 0 Å². The highest BCUT2D eigenvalue weighted by Gasteiger charge is 2.14. The summed E-state index contributed by atoms with van der Waals surface area (Å²) in [4.78, 5) is 4.77. The van der Waals surface area contributed by atoms with Gasteiger partial charge in [0.2, 0.25) is 0 Å². The van der Waals surface area contributed by atoms with Crippen LogP contribution >= 0.6 is 24.0 Å². The number of aromatic nitrogens is 1. The number of rotatable bonds is 6. The average Bonchev–Trinajstić information content (AvgIpc) is 2.74. The zero-order valence-electron chi connectivity index (χ0n) is 15.8. The highest BCUT2D eigenvalue weighted by molar-refractivity contribution is 6.30. The lowest BCUT2D eigenvalue weighted by molar-refractivity contribution is 0.176. The molecular weight excluding hydrogens is 403 g/mol. The maximum atomic E-state index is 10.9. The van der Waals surface area contributed by atoms with Gasteiger partial charge < -0.3 is 10.4 Å². The molecule has 0 fully saturated rings. The first-order valence-corrected chi connectivity index (χ1v) is 9.67. The van der Waals surface area contributed by atoms with E-state index in [1.165, 1.54) is 5.56 Å². The van der Waals surface area contributed by atoms with Gasteiger partial charge in [-0.1, -0.05) is 72.3 Å². The first kappa shape index (κ1) is 21.3. The molecule has 0 saturated carbocycles.